The number of esters is 1. The first-order valence-corrected chi connectivity index (χ1v) is 6.65. The molecule has 0 saturated carbocycles. The molecule has 1 heterocycles. The van der Waals surface area contributed by atoms with Gasteiger partial charge in [0.25, 0.3) is 5.69 Å². The van der Waals surface area contributed by atoms with Crippen molar-refractivity contribution in [1.29, 1.82) is 0 Å². The van der Waals surface area contributed by atoms with Gasteiger partial charge in [-0.15, -0.1) is 0 Å². The summed E-state index contributed by atoms with van der Waals surface area (Å²) in [7, 11) is 1.27. The number of hydrogen-bond donors (Lipinski definition) is 1. The summed E-state index contributed by atoms with van der Waals surface area (Å²) in [6.45, 7) is 0.287. The van der Waals surface area contributed by atoms with Crippen LogP contribution in [0.3, 0.4) is 0 Å². The fourth-order valence-corrected chi connectivity index (χ4v) is 2.03. The molecule has 0 aliphatic heterocycles. The van der Waals surface area contributed by atoms with Gasteiger partial charge in [-0.05, 0) is 40.2 Å². The van der Waals surface area contributed by atoms with Crippen LogP contribution in [-0.2, 0) is 11.3 Å². The number of halogens is 1. The first-order valence-electron chi connectivity index (χ1n) is 5.86. The average Bonchev–Trinajstić information content (AvgIpc) is 2.94. The highest BCUT2D eigenvalue weighted by Crippen LogP contribution is 2.28. The second-order valence-electron chi connectivity index (χ2n) is 4.03. The molecular weight excluding hydrogens is 344 g/mol. The van der Waals surface area contributed by atoms with E-state index in [4.69, 9.17) is 4.42 Å². The fraction of sp³-hybridized carbons (Fsp3) is 0.154. The predicted octanol–water partition coefficient (Wildman–Crippen LogP) is 3.35. The fourth-order valence-electron chi connectivity index (χ4n) is 1.63. The van der Waals surface area contributed by atoms with E-state index in [-0.39, 0.29) is 18.0 Å². The van der Waals surface area contributed by atoms with Crippen molar-refractivity contribution >= 4 is 33.3 Å². The van der Waals surface area contributed by atoms with Gasteiger partial charge in [0.1, 0.15) is 5.76 Å². The van der Waals surface area contributed by atoms with Crippen LogP contribution in [0.2, 0.25) is 0 Å². The van der Waals surface area contributed by atoms with Crippen molar-refractivity contribution in [1.82, 2.24) is 0 Å². The summed E-state index contributed by atoms with van der Waals surface area (Å²) in [4.78, 5) is 21.6. The van der Waals surface area contributed by atoms with E-state index in [1.165, 1.54) is 19.2 Å². The number of nitro benzene ring substituents is 1. The molecule has 0 aliphatic carbocycles. The molecule has 0 spiro atoms. The number of carbonyl (C=O) groups excluding carboxylic acids is 1. The quantitative estimate of drug-likeness (QED) is 0.502. The maximum Gasteiger partial charge on any atom is 0.373 e. The Labute approximate surface area is 128 Å². The first-order chi connectivity index (χ1) is 10.0. The normalized spacial score (nSPS) is 10.2. The molecule has 0 unspecified atom stereocenters. The average molecular weight is 355 g/mol. The van der Waals surface area contributed by atoms with Gasteiger partial charge in [0, 0.05) is 11.8 Å². The van der Waals surface area contributed by atoms with Crippen LogP contribution in [0.5, 0.6) is 0 Å². The zero-order valence-corrected chi connectivity index (χ0v) is 12.5. The molecule has 0 amide bonds. The molecule has 2 rings (SSSR count). The Morgan fingerprint density at radius 2 is 2.19 bits per heavy atom. The lowest BCUT2D eigenvalue weighted by Crippen LogP contribution is -2.00. The zero-order chi connectivity index (χ0) is 15.4. The molecule has 1 aromatic heterocycles. The Hall–Kier alpha value is -2.35. The molecule has 1 aromatic carbocycles. The van der Waals surface area contributed by atoms with Crippen molar-refractivity contribution in [3.05, 3.63) is 56.4 Å². The molecule has 0 bridgehead atoms. The minimum absolute atomic E-state index is 0.0327. The lowest BCUT2D eigenvalue weighted by molar-refractivity contribution is -0.385. The largest absolute Gasteiger partial charge is 0.463 e. The monoisotopic (exact) mass is 354 g/mol. The number of carbonyl (C=O) groups is 1. The number of furan rings is 1. The van der Waals surface area contributed by atoms with E-state index in [2.05, 4.69) is 26.0 Å². The van der Waals surface area contributed by atoms with Gasteiger partial charge in [-0.2, -0.15) is 0 Å². The number of hydrogen-bond acceptors (Lipinski definition) is 6. The van der Waals surface area contributed by atoms with E-state index in [0.717, 1.165) is 0 Å². The summed E-state index contributed by atoms with van der Waals surface area (Å²) in [6.07, 6.45) is 0. The summed E-state index contributed by atoms with van der Waals surface area (Å²) in [5.41, 5.74) is 0.538. The van der Waals surface area contributed by atoms with E-state index >= 15 is 0 Å². The molecule has 1 N–H and O–H groups in total. The smallest absolute Gasteiger partial charge is 0.373 e. The van der Waals surface area contributed by atoms with Crippen LogP contribution in [0, 0.1) is 10.1 Å². The van der Waals surface area contributed by atoms with Crippen molar-refractivity contribution in [3.8, 4) is 0 Å². The summed E-state index contributed by atoms with van der Waals surface area (Å²) in [5.74, 6) is 0.0672. The molecule has 8 heteroatoms. The molecule has 0 aliphatic rings. The predicted molar refractivity (Wildman–Crippen MR) is 78.2 cm³/mol. The van der Waals surface area contributed by atoms with Gasteiger partial charge >= 0.3 is 5.97 Å². The van der Waals surface area contributed by atoms with E-state index in [1.807, 2.05) is 0 Å². The third kappa shape index (κ3) is 3.60. The van der Waals surface area contributed by atoms with Crippen molar-refractivity contribution in [2.45, 2.75) is 6.54 Å². The Morgan fingerprint density at radius 3 is 2.86 bits per heavy atom. The van der Waals surface area contributed by atoms with Crippen LogP contribution in [-0.4, -0.2) is 18.0 Å². The molecule has 0 atom stereocenters. The number of nitrogens with zero attached hydrogens (tertiary/aromatic N) is 1. The summed E-state index contributed by atoms with van der Waals surface area (Å²) in [6, 6.07) is 7.83. The third-order valence-electron chi connectivity index (χ3n) is 2.66. The van der Waals surface area contributed by atoms with Gasteiger partial charge < -0.3 is 14.5 Å². The highest BCUT2D eigenvalue weighted by Gasteiger charge is 2.13. The van der Waals surface area contributed by atoms with Gasteiger partial charge in [-0.25, -0.2) is 4.79 Å². The molecule has 110 valence electrons. The standard InChI is InChI=1S/C13H11BrN2O5/c1-20-13(17)12-5-3-9(21-12)7-15-8-2-4-10(14)11(6-8)16(18)19/h2-6,15H,7H2,1H3. The molecule has 0 radical (unpaired) electrons. The van der Waals surface area contributed by atoms with E-state index < -0.39 is 10.9 Å². The van der Waals surface area contributed by atoms with Gasteiger partial charge in [-0.1, -0.05) is 0 Å². The van der Waals surface area contributed by atoms with Crippen molar-refractivity contribution in [2.24, 2.45) is 0 Å². The Bertz CT molecular complexity index is 683. The lowest BCUT2D eigenvalue weighted by Gasteiger charge is -2.05. The van der Waals surface area contributed by atoms with Gasteiger partial charge in [0.2, 0.25) is 5.76 Å². The Balaban J connectivity index is 2.06. The van der Waals surface area contributed by atoms with Crippen LogP contribution in [0.15, 0.2) is 39.2 Å². The summed E-state index contributed by atoms with van der Waals surface area (Å²) < 4.78 is 10.2. The molecule has 0 saturated heterocycles. The number of rotatable bonds is 5. The number of nitro groups is 1. The Morgan fingerprint density at radius 1 is 1.43 bits per heavy atom. The van der Waals surface area contributed by atoms with Crippen LogP contribution in [0.1, 0.15) is 16.3 Å². The van der Waals surface area contributed by atoms with Gasteiger partial charge in [0.15, 0.2) is 0 Å². The van der Waals surface area contributed by atoms with Crippen LogP contribution in [0.25, 0.3) is 0 Å². The van der Waals surface area contributed by atoms with Crippen molar-refractivity contribution < 1.29 is 18.9 Å². The highest BCUT2D eigenvalue weighted by atomic mass is 79.9. The van der Waals surface area contributed by atoms with Gasteiger partial charge in [-0.3, -0.25) is 10.1 Å². The highest BCUT2D eigenvalue weighted by molar-refractivity contribution is 9.10. The topological polar surface area (TPSA) is 94.6 Å². The molecule has 0 fully saturated rings. The number of anilines is 1. The number of ether oxygens (including phenoxy) is 1. The molecule has 7 nitrogen and oxygen atoms in total. The summed E-state index contributed by atoms with van der Waals surface area (Å²) in [5, 5.41) is 13.8. The van der Waals surface area contributed by atoms with Crippen LogP contribution >= 0.6 is 15.9 Å². The molecule has 2 aromatic rings. The number of benzene rings is 1. The summed E-state index contributed by atoms with van der Waals surface area (Å²) >= 11 is 3.11. The van der Waals surface area contributed by atoms with E-state index in [1.54, 1.807) is 18.2 Å². The maximum absolute atomic E-state index is 11.2. The lowest BCUT2D eigenvalue weighted by atomic mass is 10.3. The first kappa shape index (κ1) is 15.0. The minimum atomic E-state index is -0.555. The van der Waals surface area contributed by atoms with E-state index in [9.17, 15) is 14.9 Å². The van der Waals surface area contributed by atoms with Gasteiger partial charge in [0.05, 0.1) is 23.1 Å². The second-order valence-corrected chi connectivity index (χ2v) is 4.89. The number of nitrogens with one attached hydrogen (secondary N) is 1. The van der Waals surface area contributed by atoms with Crippen molar-refractivity contribution in [2.75, 3.05) is 12.4 Å². The van der Waals surface area contributed by atoms with Crippen LogP contribution in [0.4, 0.5) is 11.4 Å². The zero-order valence-electron chi connectivity index (χ0n) is 11.0. The minimum Gasteiger partial charge on any atom is -0.463 e. The van der Waals surface area contributed by atoms with Crippen LogP contribution < -0.4 is 5.32 Å². The van der Waals surface area contributed by atoms with Crippen molar-refractivity contribution in [3.63, 3.8) is 0 Å². The molecular formula is C13H11BrN2O5. The maximum atomic E-state index is 11.2. The Kier molecular flexibility index (Phi) is 4.59. The second kappa shape index (κ2) is 6.40. The SMILES string of the molecule is COC(=O)c1ccc(CNc2ccc(Br)c([N+](=O)[O-])c2)o1. The third-order valence-corrected chi connectivity index (χ3v) is 3.33. The van der Waals surface area contributed by atoms with E-state index in [0.29, 0.717) is 15.9 Å². The molecule has 21 heavy (non-hydrogen) atoms. The number of methoxy groups -OCH3 is 1.